The molecule has 5 nitrogen and oxygen atoms in total. The lowest BCUT2D eigenvalue weighted by Gasteiger charge is -2.32. The van der Waals surface area contributed by atoms with Crippen LogP contribution in [0, 0.1) is 11.8 Å². The van der Waals surface area contributed by atoms with E-state index in [0.717, 1.165) is 38.5 Å². The van der Waals surface area contributed by atoms with Crippen LogP contribution in [0.1, 0.15) is 72.6 Å². The van der Waals surface area contributed by atoms with Gasteiger partial charge in [0.1, 0.15) is 0 Å². The van der Waals surface area contributed by atoms with E-state index in [2.05, 4.69) is 5.32 Å². The van der Waals surface area contributed by atoms with Crippen molar-refractivity contribution in [2.75, 3.05) is 19.6 Å². The molecule has 3 rings (SSSR count). The molecule has 1 amide bonds. The Bertz CT molecular complexity index is 761. The third-order valence-corrected chi connectivity index (χ3v) is 8.05. The highest BCUT2D eigenvalue weighted by Gasteiger charge is 2.31. The molecule has 2 aliphatic rings. The number of hydrogen-bond acceptors (Lipinski definition) is 3. The smallest absolute Gasteiger partial charge is 0.243 e. The van der Waals surface area contributed by atoms with Crippen LogP contribution < -0.4 is 5.32 Å². The van der Waals surface area contributed by atoms with Gasteiger partial charge in [0.05, 0.1) is 4.90 Å². The molecule has 1 saturated heterocycles. The molecule has 1 aliphatic heterocycles. The quantitative estimate of drug-likeness (QED) is 0.634. The average Bonchev–Trinajstić information content (AvgIpc) is 2.66. The van der Waals surface area contributed by atoms with Crippen molar-refractivity contribution >= 4 is 27.5 Å². The van der Waals surface area contributed by atoms with E-state index in [0.29, 0.717) is 24.7 Å². The minimum absolute atomic E-state index is 0. The van der Waals surface area contributed by atoms with E-state index in [9.17, 15) is 13.2 Å². The topological polar surface area (TPSA) is 66.5 Å². The number of piperidine rings is 1. The third-order valence-electron chi connectivity index (χ3n) is 5.96. The normalized spacial score (nSPS) is 21.4. The lowest BCUT2D eigenvalue weighted by Crippen LogP contribution is -2.44. The molecule has 1 saturated carbocycles. The minimum atomic E-state index is -3.55. The van der Waals surface area contributed by atoms with Crippen LogP contribution >= 0.6 is 11.6 Å². The second-order valence-electron chi connectivity index (χ2n) is 8.12. The van der Waals surface area contributed by atoms with Crippen molar-refractivity contribution in [2.45, 2.75) is 77.5 Å². The van der Waals surface area contributed by atoms with Crippen LogP contribution in [0.15, 0.2) is 29.2 Å². The molecule has 1 heterocycles. The fraction of sp³-hybridized carbons (Fsp3) is 0.696. The predicted molar refractivity (Wildman–Crippen MR) is 125 cm³/mol. The van der Waals surface area contributed by atoms with E-state index in [-0.39, 0.29) is 37.5 Å². The first kappa shape index (κ1) is 26.9. The standard InChI is InChI=1S/C21H31ClN2O3S.2CH4/c22-19-11-6-12-20(14-19)28(26,27)24-13-7-8-17(16-24)15-23-21(25)18-9-4-2-1-3-5-10-18;;/h6,11-12,14,17-18H,1-5,7-10,13,15-16H2,(H,23,25);2*1H4. The molecule has 172 valence electrons. The molecule has 0 aromatic heterocycles. The Balaban J connectivity index is 0.00000225. The summed E-state index contributed by atoms with van der Waals surface area (Å²) < 4.78 is 27.4. The van der Waals surface area contributed by atoms with Crippen LogP contribution in [-0.4, -0.2) is 38.3 Å². The van der Waals surface area contributed by atoms with Crippen molar-refractivity contribution < 1.29 is 13.2 Å². The molecular weight excluding hydrogens is 420 g/mol. The van der Waals surface area contributed by atoms with Crippen molar-refractivity contribution in [3.8, 4) is 0 Å². The Morgan fingerprint density at radius 3 is 2.37 bits per heavy atom. The second kappa shape index (κ2) is 12.7. The molecule has 2 fully saturated rings. The summed E-state index contributed by atoms with van der Waals surface area (Å²) in [5.41, 5.74) is 0. The van der Waals surface area contributed by atoms with Gasteiger partial charge < -0.3 is 5.32 Å². The lowest BCUT2D eigenvalue weighted by atomic mass is 9.90. The Labute approximate surface area is 188 Å². The fourth-order valence-corrected chi connectivity index (χ4v) is 6.15. The summed E-state index contributed by atoms with van der Waals surface area (Å²) in [5.74, 6) is 0.423. The highest BCUT2D eigenvalue weighted by molar-refractivity contribution is 7.89. The largest absolute Gasteiger partial charge is 0.356 e. The van der Waals surface area contributed by atoms with Gasteiger partial charge in [-0.05, 0) is 49.8 Å². The summed E-state index contributed by atoms with van der Waals surface area (Å²) in [4.78, 5) is 12.8. The Hall–Kier alpha value is -1.11. The van der Waals surface area contributed by atoms with Crippen LogP contribution in [0.2, 0.25) is 5.02 Å². The summed E-state index contributed by atoms with van der Waals surface area (Å²) in [6, 6.07) is 6.41. The van der Waals surface area contributed by atoms with Crippen molar-refractivity contribution in [2.24, 2.45) is 11.8 Å². The third kappa shape index (κ3) is 7.24. The Kier molecular flexibility index (Phi) is 11.4. The minimum Gasteiger partial charge on any atom is -0.356 e. The number of amides is 1. The van der Waals surface area contributed by atoms with E-state index in [1.54, 1.807) is 18.2 Å². The number of nitrogens with one attached hydrogen (secondary N) is 1. The van der Waals surface area contributed by atoms with Crippen molar-refractivity contribution in [1.82, 2.24) is 9.62 Å². The molecule has 1 aromatic carbocycles. The first-order chi connectivity index (χ1) is 13.5. The highest BCUT2D eigenvalue weighted by atomic mass is 35.5. The molecule has 0 spiro atoms. The fourth-order valence-electron chi connectivity index (χ4n) is 4.30. The number of halogens is 1. The maximum atomic E-state index is 12.9. The number of sulfonamides is 1. The number of nitrogens with zero attached hydrogens (tertiary/aromatic N) is 1. The number of benzene rings is 1. The maximum absolute atomic E-state index is 12.9. The molecule has 1 aromatic rings. The van der Waals surface area contributed by atoms with Crippen molar-refractivity contribution in [3.63, 3.8) is 0 Å². The van der Waals surface area contributed by atoms with Gasteiger partial charge in [-0.25, -0.2) is 8.42 Å². The number of carbonyl (C=O) groups excluding carboxylic acids is 1. The van der Waals surface area contributed by atoms with E-state index < -0.39 is 10.0 Å². The lowest BCUT2D eigenvalue weighted by molar-refractivity contribution is -0.125. The van der Waals surface area contributed by atoms with E-state index >= 15 is 0 Å². The molecule has 0 radical (unpaired) electrons. The van der Waals surface area contributed by atoms with Crippen LogP contribution in [0.4, 0.5) is 0 Å². The summed E-state index contributed by atoms with van der Waals surface area (Å²) in [6.45, 7) is 1.51. The number of hydrogen-bond donors (Lipinski definition) is 1. The zero-order valence-corrected chi connectivity index (χ0v) is 18.0. The van der Waals surface area contributed by atoms with E-state index in [1.807, 2.05) is 0 Å². The van der Waals surface area contributed by atoms with Crippen molar-refractivity contribution in [3.05, 3.63) is 29.3 Å². The zero-order valence-electron chi connectivity index (χ0n) is 16.4. The Morgan fingerprint density at radius 1 is 1.03 bits per heavy atom. The summed E-state index contributed by atoms with van der Waals surface area (Å²) >= 11 is 5.97. The van der Waals surface area contributed by atoms with Crippen molar-refractivity contribution in [1.29, 1.82) is 0 Å². The average molecular weight is 459 g/mol. The SMILES string of the molecule is C.C.O=C(NCC1CCCN(S(=O)(=O)c2cccc(Cl)c2)C1)C1CCCCCCC1. The summed E-state index contributed by atoms with van der Waals surface area (Å²) in [7, 11) is -3.55. The monoisotopic (exact) mass is 458 g/mol. The van der Waals surface area contributed by atoms with Crippen LogP contribution in [0.5, 0.6) is 0 Å². The van der Waals surface area contributed by atoms with Gasteiger partial charge in [0.15, 0.2) is 0 Å². The maximum Gasteiger partial charge on any atom is 0.243 e. The first-order valence-electron chi connectivity index (χ1n) is 10.5. The number of rotatable bonds is 5. The zero-order chi connectivity index (χ0) is 20.0. The highest BCUT2D eigenvalue weighted by Crippen LogP contribution is 2.26. The molecular formula is C23H39ClN2O3S. The van der Waals surface area contributed by atoms with E-state index in [4.69, 9.17) is 11.6 Å². The number of carbonyl (C=O) groups is 1. The van der Waals surface area contributed by atoms with Gasteiger partial charge in [0.2, 0.25) is 15.9 Å². The van der Waals surface area contributed by atoms with Gasteiger partial charge in [0, 0.05) is 30.6 Å². The molecule has 0 bridgehead atoms. The summed E-state index contributed by atoms with van der Waals surface area (Å²) in [5, 5.41) is 3.53. The van der Waals surface area contributed by atoms with Gasteiger partial charge in [-0.3, -0.25) is 4.79 Å². The van der Waals surface area contributed by atoms with Gasteiger partial charge in [-0.15, -0.1) is 0 Å². The van der Waals surface area contributed by atoms with E-state index in [1.165, 1.54) is 29.6 Å². The van der Waals surface area contributed by atoms with Crippen LogP contribution in [-0.2, 0) is 14.8 Å². The molecule has 30 heavy (non-hydrogen) atoms. The molecule has 1 unspecified atom stereocenters. The molecule has 1 atom stereocenters. The summed E-state index contributed by atoms with van der Waals surface area (Å²) in [6.07, 6.45) is 9.70. The van der Waals surface area contributed by atoms with Gasteiger partial charge in [-0.1, -0.05) is 64.6 Å². The second-order valence-corrected chi connectivity index (χ2v) is 10.5. The van der Waals surface area contributed by atoms with Gasteiger partial charge in [0.25, 0.3) is 0 Å². The molecule has 1 aliphatic carbocycles. The van der Waals surface area contributed by atoms with Crippen LogP contribution in [0.25, 0.3) is 0 Å². The van der Waals surface area contributed by atoms with Crippen LogP contribution in [0.3, 0.4) is 0 Å². The Morgan fingerprint density at radius 2 is 1.70 bits per heavy atom. The first-order valence-corrected chi connectivity index (χ1v) is 12.3. The van der Waals surface area contributed by atoms with Gasteiger partial charge in [-0.2, -0.15) is 4.31 Å². The molecule has 7 heteroatoms. The molecule has 1 N–H and O–H groups in total. The predicted octanol–water partition coefficient (Wildman–Crippen LogP) is 5.49. The van der Waals surface area contributed by atoms with Gasteiger partial charge >= 0.3 is 0 Å².